The van der Waals surface area contributed by atoms with E-state index in [0.29, 0.717) is 0 Å². The first-order valence-corrected chi connectivity index (χ1v) is 6.57. The third-order valence-electron chi connectivity index (χ3n) is 2.53. The Hall–Kier alpha value is -1.16. The fourth-order valence-corrected chi connectivity index (χ4v) is 2.08. The minimum atomic E-state index is 0.205. The molecule has 0 radical (unpaired) electrons. The summed E-state index contributed by atoms with van der Waals surface area (Å²) in [5.41, 5.74) is 1.67. The molecule has 0 saturated heterocycles. The molecule has 1 atom stereocenters. The van der Waals surface area contributed by atoms with E-state index in [2.05, 4.69) is 39.7 Å². The fraction of sp³-hybridized carbons (Fsp3) is 0.385. The van der Waals surface area contributed by atoms with E-state index in [0.717, 1.165) is 34.1 Å². The van der Waals surface area contributed by atoms with Crippen molar-refractivity contribution in [1.82, 2.24) is 9.97 Å². The molecule has 0 bridgehead atoms. The number of aromatic nitrogens is 2. The quantitative estimate of drug-likeness (QED) is 0.856. The highest BCUT2D eigenvalue weighted by Crippen LogP contribution is 2.25. The monoisotopic (exact) mass is 294 g/mol. The van der Waals surface area contributed by atoms with E-state index in [4.69, 9.17) is 4.74 Å². The molecular weight excluding hydrogens is 280 g/mol. The van der Waals surface area contributed by atoms with Crippen LogP contribution in [0.2, 0.25) is 0 Å². The van der Waals surface area contributed by atoms with Gasteiger partial charge >= 0.3 is 0 Å². The van der Waals surface area contributed by atoms with E-state index in [-0.39, 0.29) is 6.10 Å². The summed E-state index contributed by atoms with van der Waals surface area (Å²) >= 11 is 3.39. The van der Waals surface area contributed by atoms with Crippen molar-refractivity contribution < 1.29 is 4.74 Å². The SMILES string of the molecule is CCCC(C)Oc1ccnc2cc(Br)cnc12. The number of rotatable bonds is 4. The molecule has 17 heavy (non-hydrogen) atoms. The Morgan fingerprint density at radius 3 is 3.00 bits per heavy atom. The zero-order valence-corrected chi connectivity index (χ0v) is 11.6. The predicted octanol–water partition coefficient (Wildman–Crippen LogP) is 3.96. The first kappa shape index (κ1) is 12.3. The number of hydrogen-bond donors (Lipinski definition) is 0. The van der Waals surface area contributed by atoms with Crippen molar-refractivity contribution in [2.45, 2.75) is 32.8 Å². The summed E-state index contributed by atoms with van der Waals surface area (Å²) < 4.78 is 6.82. The molecule has 4 heteroatoms. The van der Waals surface area contributed by atoms with Crippen molar-refractivity contribution in [3.8, 4) is 5.75 Å². The molecule has 0 N–H and O–H groups in total. The Balaban J connectivity index is 2.34. The molecule has 2 rings (SSSR count). The van der Waals surface area contributed by atoms with Gasteiger partial charge in [-0.25, -0.2) is 4.98 Å². The number of ether oxygens (including phenoxy) is 1. The van der Waals surface area contributed by atoms with Crippen molar-refractivity contribution in [2.75, 3.05) is 0 Å². The van der Waals surface area contributed by atoms with Crippen LogP contribution in [0, 0.1) is 0 Å². The lowest BCUT2D eigenvalue weighted by atomic mass is 10.2. The van der Waals surface area contributed by atoms with Crippen LogP contribution in [0.3, 0.4) is 0 Å². The van der Waals surface area contributed by atoms with Crippen molar-refractivity contribution in [1.29, 1.82) is 0 Å². The van der Waals surface area contributed by atoms with Gasteiger partial charge in [0.1, 0.15) is 11.3 Å². The third-order valence-corrected chi connectivity index (χ3v) is 2.96. The standard InChI is InChI=1S/C13H15BrN2O/c1-3-4-9(2)17-12-5-6-15-11-7-10(14)8-16-13(11)12/h5-9H,3-4H2,1-2H3. The second-order valence-electron chi connectivity index (χ2n) is 4.05. The average molecular weight is 295 g/mol. The lowest BCUT2D eigenvalue weighted by molar-refractivity contribution is 0.212. The van der Waals surface area contributed by atoms with Crippen LogP contribution in [0.5, 0.6) is 5.75 Å². The van der Waals surface area contributed by atoms with E-state index in [1.54, 1.807) is 12.4 Å². The summed E-state index contributed by atoms with van der Waals surface area (Å²) in [5, 5.41) is 0. The van der Waals surface area contributed by atoms with Gasteiger partial charge in [0.15, 0.2) is 0 Å². The van der Waals surface area contributed by atoms with Gasteiger partial charge in [0.05, 0.1) is 11.6 Å². The van der Waals surface area contributed by atoms with Crippen LogP contribution in [0.4, 0.5) is 0 Å². The normalized spacial score (nSPS) is 12.6. The van der Waals surface area contributed by atoms with Gasteiger partial charge in [-0.3, -0.25) is 4.98 Å². The molecule has 0 aliphatic carbocycles. The molecular formula is C13H15BrN2O. The Kier molecular flexibility index (Phi) is 3.94. The van der Waals surface area contributed by atoms with Crippen LogP contribution in [0.1, 0.15) is 26.7 Å². The molecule has 0 amide bonds. The molecule has 0 aromatic carbocycles. The zero-order valence-electron chi connectivity index (χ0n) is 9.98. The van der Waals surface area contributed by atoms with E-state index in [1.807, 2.05) is 12.1 Å². The molecule has 90 valence electrons. The minimum absolute atomic E-state index is 0.205. The molecule has 2 aromatic heterocycles. The Labute approximate surface area is 109 Å². The lowest BCUT2D eigenvalue weighted by Gasteiger charge is -2.14. The summed E-state index contributed by atoms with van der Waals surface area (Å²) in [6.45, 7) is 4.23. The maximum Gasteiger partial charge on any atom is 0.149 e. The molecule has 0 saturated carbocycles. The molecule has 1 unspecified atom stereocenters. The van der Waals surface area contributed by atoms with Crippen molar-refractivity contribution in [3.05, 3.63) is 29.0 Å². The molecule has 0 spiro atoms. The minimum Gasteiger partial charge on any atom is -0.488 e. The Morgan fingerprint density at radius 1 is 1.41 bits per heavy atom. The number of pyridine rings is 2. The van der Waals surface area contributed by atoms with E-state index in [1.165, 1.54) is 0 Å². The molecule has 0 aliphatic rings. The lowest BCUT2D eigenvalue weighted by Crippen LogP contribution is -2.11. The maximum absolute atomic E-state index is 5.89. The van der Waals surface area contributed by atoms with Crippen molar-refractivity contribution in [3.63, 3.8) is 0 Å². The van der Waals surface area contributed by atoms with Gasteiger partial charge in [-0.15, -0.1) is 0 Å². The van der Waals surface area contributed by atoms with Crippen LogP contribution >= 0.6 is 15.9 Å². The van der Waals surface area contributed by atoms with Crippen LogP contribution in [-0.2, 0) is 0 Å². The highest BCUT2D eigenvalue weighted by atomic mass is 79.9. The van der Waals surface area contributed by atoms with Gasteiger partial charge < -0.3 is 4.74 Å². The van der Waals surface area contributed by atoms with E-state index >= 15 is 0 Å². The Bertz CT molecular complexity index is 516. The highest BCUT2D eigenvalue weighted by Gasteiger charge is 2.08. The smallest absolute Gasteiger partial charge is 0.149 e. The molecule has 2 heterocycles. The van der Waals surface area contributed by atoms with Crippen LogP contribution in [0.15, 0.2) is 29.0 Å². The first-order valence-electron chi connectivity index (χ1n) is 5.77. The zero-order chi connectivity index (χ0) is 12.3. The second kappa shape index (κ2) is 5.45. The van der Waals surface area contributed by atoms with Crippen molar-refractivity contribution >= 4 is 27.0 Å². The molecule has 0 fully saturated rings. The predicted molar refractivity (Wildman–Crippen MR) is 72.2 cm³/mol. The summed E-state index contributed by atoms with van der Waals surface area (Å²) in [6.07, 6.45) is 5.88. The number of hydrogen-bond acceptors (Lipinski definition) is 3. The first-order chi connectivity index (χ1) is 8.20. The number of fused-ring (bicyclic) bond motifs is 1. The van der Waals surface area contributed by atoms with Gasteiger partial charge in [0.2, 0.25) is 0 Å². The van der Waals surface area contributed by atoms with E-state index in [9.17, 15) is 0 Å². The third kappa shape index (κ3) is 2.94. The van der Waals surface area contributed by atoms with Crippen LogP contribution in [-0.4, -0.2) is 16.1 Å². The van der Waals surface area contributed by atoms with Crippen LogP contribution in [0.25, 0.3) is 11.0 Å². The summed E-state index contributed by atoms with van der Waals surface area (Å²) in [7, 11) is 0. The largest absolute Gasteiger partial charge is 0.488 e. The van der Waals surface area contributed by atoms with Gasteiger partial charge in [-0.2, -0.15) is 0 Å². The van der Waals surface area contributed by atoms with Crippen molar-refractivity contribution in [2.24, 2.45) is 0 Å². The average Bonchev–Trinajstić information content (AvgIpc) is 2.29. The van der Waals surface area contributed by atoms with Crippen LogP contribution < -0.4 is 4.74 Å². The van der Waals surface area contributed by atoms with Gasteiger partial charge in [-0.1, -0.05) is 13.3 Å². The fourth-order valence-electron chi connectivity index (χ4n) is 1.76. The molecule has 3 nitrogen and oxygen atoms in total. The highest BCUT2D eigenvalue weighted by molar-refractivity contribution is 9.10. The molecule has 0 aliphatic heterocycles. The topological polar surface area (TPSA) is 35.0 Å². The number of nitrogens with zero attached hydrogens (tertiary/aromatic N) is 2. The Morgan fingerprint density at radius 2 is 2.24 bits per heavy atom. The van der Waals surface area contributed by atoms with Gasteiger partial charge in [0, 0.05) is 22.9 Å². The summed E-state index contributed by atoms with van der Waals surface area (Å²) in [6, 6.07) is 3.81. The van der Waals surface area contributed by atoms with E-state index < -0.39 is 0 Å². The van der Waals surface area contributed by atoms with Gasteiger partial charge in [-0.05, 0) is 35.3 Å². The van der Waals surface area contributed by atoms with Gasteiger partial charge in [0.25, 0.3) is 0 Å². The summed E-state index contributed by atoms with van der Waals surface area (Å²) in [4.78, 5) is 8.64. The maximum atomic E-state index is 5.89. The number of halogens is 1. The molecule has 2 aromatic rings. The second-order valence-corrected chi connectivity index (χ2v) is 4.96. The summed E-state index contributed by atoms with van der Waals surface area (Å²) in [5.74, 6) is 0.809.